The molecule has 1 aliphatic carbocycles. The first-order valence-corrected chi connectivity index (χ1v) is 9.47. The van der Waals surface area contributed by atoms with Crippen molar-refractivity contribution in [3.05, 3.63) is 52.4 Å². The maximum atomic E-state index is 13.7. The van der Waals surface area contributed by atoms with Gasteiger partial charge < -0.3 is 20.1 Å². The number of allylic oxidation sites excluding steroid dienone is 4. The number of halogens is 2. The van der Waals surface area contributed by atoms with Crippen molar-refractivity contribution in [1.82, 2.24) is 5.32 Å². The third kappa shape index (κ3) is 4.27. The summed E-state index contributed by atoms with van der Waals surface area (Å²) in [5.41, 5.74) is 0.884. The maximum absolute atomic E-state index is 13.7. The lowest BCUT2D eigenvalue weighted by atomic mass is 9.78. The molecule has 2 atom stereocenters. The van der Waals surface area contributed by atoms with E-state index in [1.54, 1.807) is 18.2 Å². The van der Waals surface area contributed by atoms with Gasteiger partial charge in [0.15, 0.2) is 11.5 Å². The van der Waals surface area contributed by atoms with Crippen molar-refractivity contribution in [2.24, 2.45) is 11.8 Å². The molecule has 0 saturated heterocycles. The van der Waals surface area contributed by atoms with Crippen molar-refractivity contribution < 1.29 is 23.5 Å². The van der Waals surface area contributed by atoms with E-state index in [0.29, 0.717) is 27.2 Å². The largest absolute Gasteiger partial charge is 0.493 e. The fourth-order valence-corrected chi connectivity index (χ4v) is 3.76. The molecule has 3 rings (SSSR count). The first-order chi connectivity index (χ1) is 13.4. The molecule has 0 aromatic heterocycles. The zero-order valence-corrected chi connectivity index (χ0v) is 17.0. The van der Waals surface area contributed by atoms with Crippen molar-refractivity contribution in [2.45, 2.75) is 12.8 Å². The third-order valence-electron chi connectivity index (χ3n) is 4.76. The SMILES string of the molecule is COc1cc(Br)c(NC(=O)C2=CNC(=O)C[C@@H]2C2C=CC=C(F)C2)cc1OC. The number of anilines is 1. The molecule has 2 amide bonds. The summed E-state index contributed by atoms with van der Waals surface area (Å²) in [6, 6.07) is 3.33. The first kappa shape index (κ1) is 20.1. The number of carbonyl (C=O) groups excluding carboxylic acids is 2. The summed E-state index contributed by atoms with van der Waals surface area (Å²) < 4.78 is 24.9. The number of carbonyl (C=O) groups is 2. The number of benzene rings is 1. The molecule has 0 fully saturated rings. The van der Waals surface area contributed by atoms with E-state index in [1.807, 2.05) is 6.08 Å². The smallest absolute Gasteiger partial charge is 0.253 e. The Morgan fingerprint density at radius 2 is 1.96 bits per heavy atom. The van der Waals surface area contributed by atoms with E-state index in [4.69, 9.17) is 9.47 Å². The van der Waals surface area contributed by atoms with Crippen molar-refractivity contribution in [3.63, 3.8) is 0 Å². The van der Waals surface area contributed by atoms with Gasteiger partial charge in [0.25, 0.3) is 5.91 Å². The Labute approximate surface area is 170 Å². The van der Waals surface area contributed by atoms with Crippen molar-refractivity contribution >= 4 is 33.4 Å². The number of rotatable bonds is 5. The highest BCUT2D eigenvalue weighted by Crippen LogP contribution is 2.38. The van der Waals surface area contributed by atoms with Crippen LogP contribution in [-0.2, 0) is 9.59 Å². The minimum Gasteiger partial charge on any atom is -0.493 e. The van der Waals surface area contributed by atoms with E-state index in [9.17, 15) is 14.0 Å². The van der Waals surface area contributed by atoms with Gasteiger partial charge in [0.05, 0.1) is 19.9 Å². The standard InChI is InChI=1S/C20H20BrFN2O4/c1-27-17-8-15(21)16(9-18(17)28-2)24-20(26)14-10-23-19(25)7-13(14)11-4-3-5-12(22)6-11/h3-5,8-11,13H,6-7H2,1-2H3,(H,23,25)(H,24,26)/t11?,13-/m1/s1. The third-order valence-corrected chi connectivity index (χ3v) is 5.42. The summed E-state index contributed by atoms with van der Waals surface area (Å²) >= 11 is 3.41. The van der Waals surface area contributed by atoms with Crippen LogP contribution in [-0.4, -0.2) is 26.0 Å². The quantitative estimate of drug-likeness (QED) is 0.713. The van der Waals surface area contributed by atoms with Crippen LogP contribution >= 0.6 is 15.9 Å². The lowest BCUT2D eigenvalue weighted by molar-refractivity contribution is -0.122. The molecule has 0 bridgehead atoms. The minimum atomic E-state index is -0.414. The van der Waals surface area contributed by atoms with Gasteiger partial charge in [-0.05, 0) is 27.9 Å². The number of nitrogens with one attached hydrogen (secondary N) is 2. The van der Waals surface area contributed by atoms with Crippen LogP contribution in [0.1, 0.15) is 12.8 Å². The van der Waals surface area contributed by atoms with Gasteiger partial charge in [0, 0.05) is 47.1 Å². The van der Waals surface area contributed by atoms with Crippen LogP contribution in [0.4, 0.5) is 10.1 Å². The monoisotopic (exact) mass is 450 g/mol. The van der Waals surface area contributed by atoms with Gasteiger partial charge in [-0.3, -0.25) is 9.59 Å². The van der Waals surface area contributed by atoms with Gasteiger partial charge in [0.1, 0.15) is 5.83 Å². The number of hydrogen-bond donors (Lipinski definition) is 2. The van der Waals surface area contributed by atoms with E-state index >= 15 is 0 Å². The normalized spacial score (nSPS) is 21.4. The van der Waals surface area contributed by atoms with Crippen LogP contribution in [0, 0.1) is 11.8 Å². The molecule has 2 aliphatic rings. The van der Waals surface area contributed by atoms with Gasteiger partial charge in [-0.15, -0.1) is 0 Å². The van der Waals surface area contributed by atoms with E-state index < -0.39 is 5.92 Å². The molecule has 8 heteroatoms. The average molecular weight is 451 g/mol. The van der Waals surface area contributed by atoms with Gasteiger partial charge in [-0.25, -0.2) is 4.39 Å². The number of methoxy groups -OCH3 is 2. The number of ether oxygens (including phenoxy) is 2. The molecule has 1 aromatic carbocycles. The fourth-order valence-electron chi connectivity index (χ4n) is 3.33. The summed E-state index contributed by atoms with van der Waals surface area (Å²) in [4.78, 5) is 24.8. The maximum Gasteiger partial charge on any atom is 0.253 e. The second-order valence-electron chi connectivity index (χ2n) is 6.49. The summed E-state index contributed by atoms with van der Waals surface area (Å²) in [5.74, 6) is -0.528. The molecule has 28 heavy (non-hydrogen) atoms. The summed E-state index contributed by atoms with van der Waals surface area (Å²) in [6.45, 7) is 0. The molecule has 1 aliphatic heterocycles. The Bertz CT molecular complexity index is 894. The zero-order chi connectivity index (χ0) is 20.3. The predicted octanol–water partition coefficient (Wildman–Crippen LogP) is 3.85. The predicted molar refractivity (Wildman–Crippen MR) is 107 cm³/mol. The average Bonchev–Trinajstić information content (AvgIpc) is 2.69. The Kier molecular flexibility index (Phi) is 6.18. The minimum absolute atomic E-state index is 0.120. The van der Waals surface area contributed by atoms with E-state index in [-0.39, 0.29) is 36.4 Å². The molecule has 1 unspecified atom stereocenters. The molecule has 0 saturated carbocycles. The van der Waals surface area contributed by atoms with Crippen molar-refractivity contribution in [1.29, 1.82) is 0 Å². The van der Waals surface area contributed by atoms with Crippen LogP contribution < -0.4 is 20.1 Å². The molecule has 1 heterocycles. The topological polar surface area (TPSA) is 76.7 Å². The lowest BCUT2D eigenvalue weighted by Crippen LogP contribution is -2.36. The zero-order valence-electron chi connectivity index (χ0n) is 15.4. The first-order valence-electron chi connectivity index (χ1n) is 8.68. The highest BCUT2D eigenvalue weighted by Gasteiger charge is 2.34. The lowest BCUT2D eigenvalue weighted by Gasteiger charge is -2.30. The summed E-state index contributed by atoms with van der Waals surface area (Å²) in [6.07, 6.45) is 6.54. The second kappa shape index (κ2) is 8.60. The van der Waals surface area contributed by atoms with Crippen LogP contribution in [0.3, 0.4) is 0 Å². The van der Waals surface area contributed by atoms with Crippen molar-refractivity contribution in [3.8, 4) is 11.5 Å². The molecule has 0 spiro atoms. The van der Waals surface area contributed by atoms with E-state index in [0.717, 1.165) is 0 Å². The van der Waals surface area contributed by atoms with Gasteiger partial charge in [0.2, 0.25) is 5.91 Å². The number of hydrogen-bond acceptors (Lipinski definition) is 4. The Morgan fingerprint density at radius 1 is 1.25 bits per heavy atom. The highest BCUT2D eigenvalue weighted by atomic mass is 79.9. The Balaban J connectivity index is 1.85. The molecular weight excluding hydrogens is 431 g/mol. The highest BCUT2D eigenvalue weighted by molar-refractivity contribution is 9.10. The van der Waals surface area contributed by atoms with Gasteiger partial charge in [-0.1, -0.05) is 12.2 Å². The Morgan fingerprint density at radius 3 is 2.64 bits per heavy atom. The van der Waals surface area contributed by atoms with Crippen LogP contribution in [0.15, 0.2) is 52.4 Å². The second-order valence-corrected chi connectivity index (χ2v) is 7.34. The summed E-state index contributed by atoms with van der Waals surface area (Å²) in [7, 11) is 3.03. The molecule has 0 radical (unpaired) electrons. The molecule has 2 N–H and O–H groups in total. The van der Waals surface area contributed by atoms with Crippen LogP contribution in [0.5, 0.6) is 11.5 Å². The Hall–Kier alpha value is -2.61. The molecule has 1 aromatic rings. The molecule has 148 valence electrons. The van der Waals surface area contributed by atoms with E-state index in [1.165, 1.54) is 26.5 Å². The van der Waals surface area contributed by atoms with E-state index in [2.05, 4.69) is 26.6 Å². The molecular formula is C20H20BrFN2O4. The fraction of sp³-hybridized carbons (Fsp3) is 0.300. The van der Waals surface area contributed by atoms with Gasteiger partial charge >= 0.3 is 0 Å². The van der Waals surface area contributed by atoms with Gasteiger partial charge in [-0.2, -0.15) is 0 Å². The van der Waals surface area contributed by atoms with Crippen LogP contribution in [0.2, 0.25) is 0 Å². The van der Waals surface area contributed by atoms with Crippen molar-refractivity contribution in [2.75, 3.05) is 19.5 Å². The summed E-state index contributed by atoms with van der Waals surface area (Å²) in [5, 5.41) is 5.41. The van der Waals surface area contributed by atoms with Crippen LogP contribution in [0.25, 0.3) is 0 Å². The molecule has 6 nitrogen and oxygen atoms in total. The number of amides is 2.